The number of aryl methyl sites for hydroxylation is 1. The minimum Gasteiger partial charge on any atom is -0.379 e. The van der Waals surface area contributed by atoms with Crippen molar-refractivity contribution < 1.29 is 9.53 Å². The van der Waals surface area contributed by atoms with Gasteiger partial charge in [0.2, 0.25) is 5.91 Å². The Kier molecular flexibility index (Phi) is 5.14. The summed E-state index contributed by atoms with van der Waals surface area (Å²) in [6, 6.07) is 0. The molecule has 1 aliphatic rings. The highest BCUT2D eigenvalue weighted by Gasteiger charge is 2.23. The van der Waals surface area contributed by atoms with Gasteiger partial charge < -0.3 is 14.5 Å². The number of rotatable bonds is 4. The standard InChI is InChI=1S/C14H24N4O2/c1-12-6-15-18(7-12)10-14(19)17-4-5-20-11-13(9-17)8-16(2)3/h6-7,13H,4-5,8-11H2,1-3H3/t13-/m1/s1. The molecule has 1 aliphatic heterocycles. The summed E-state index contributed by atoms with van der Waals surface area (Å²) in [7, 11) is 4.09. The summed E-state index contributed by atoms with van der Waals surface area (Å²) in [6.45, 7) is 5.99. The molecule has 2 rings (SSSR count). The Hall–Kier alpha value is -1.40. The molecule has 1 aromatic heterocycles. The van der Waals surface area contributed by atoms with Crippen LogP contribution < -0.4 is 0 Å². The van der Waals surface area contributed by atoms with Crippen molar-refractivity contribution in [3.63, 3.8) is 0 Å². The van der Waals surface area contributed by atoms with Gasteiger partial charge in [-0.3, -0.25) is 9.48 Å². The molecule has 0 radical (unpaired) electrons. The van der Waals surface area contributed by atoms with Crippen LogP contribution in [0.2, 0.25) is 0 Å². The van der Waals surface area contributed by atoms with Crippen LogP contribution in [-0.4, -0.2) is 72.4 Å². The van der Waals surface area contributed by atoms with Gasteiger partial charge in [0.05, 0.1) is 19.4 Å². The molecule has 20 heavy (non-hydrogen) atoms. The number of hydrogen-bond acceptors (Lipinski definition) is 4. The van der Waals surface area contributed by atoms with Crippen LogP contribution in [-0.2, 0) is 16.1 Å². The Morgan fingerprint density at radius 3 is 3.00 bits per heavy atom. The average molecular weight is 280 g/mol. The summed E-state index contributed by atoms with van der Waals surface area (Å²) in [4.78, 5) is 16.4. The van der Waals surface area contributed by atoms with Crippen LogP contribution in [0.1, 0.15) is 5.56 Å². The number of ether oxygens (including phenoxy) is 1. The van der Waals surface area contributed by atoms with Crippen molar-refractivity contribution in [3.05, 3.63) is 18.0 Å². The fourth-order valence-electron chi connectivity index (χ4n) is 2.53. The molecular weight excluding hydrogens is 256 g/mol. The maximum absolute atomic E-state index is 12.4. The summed E-state index contributed by atoms with van der Waals surface area (Å²) < 4.78 is 7.30. The first kappa shape index (κ1) is 15.0. The molecule has 0 unspecified atom stereocenters. The summed E-state index contributed by atoms with van der Waals surface area (Å²) >= 11 is 0. The monoisotopic (exact) mass is 280 g/mol. The Bertz CT molecular complexity index is 444. The van der Waals surface area contributed by atoms with E-state index in [-0.39, 0.29) is 5.91 Å². The summed E-state index contributed by atoms with van der Waals surface area (Å²) in [6.07, 6.45) is 3.66. The molecule has 1 amide bonds. The lowest BCUT2D eigenvalue weighted by atomic mass is 10.1. The van der Waals surface area contributed by atoms with E-state index in [2.05, 4.69) is 10.00 Å². The van der Waals surface area contributed by atoms with Gasteiger partial charge >= 0.3 is 0 Å². The van der Waals surface area contributed by atoms with Crippen molar-refractivity contribution in [2.75, 3.05) is 46.9 Å². The van der Waals surface area contributed by atoms with Crippen LogP contribution in [0.5, 0.6) is 0 Å². The molecule has 6 heteroatoms. The highest BCUT2D eigenvalue weighted by Crippen LogP contribution is 2.09. The van der Waals surface area contributed by atoms with Crippen LogP contribution in [0.15, 0.2) is 12.4 Å². The minimum absolute atomic E-state index is 0.113. The zero-order valence-electron chi connectivity index (χ0n) is 12.6. The molecule has 6 nitrogen and oxygen atoms in total. The molecule has 0 bridgehead atoms. The Morgan fingerprint density at radius 2 is 2.35 bits per heavy atom. The second-order valence-corrected chi connectivity index (χ2v) is 5.76. The van der Waals surface area contributed by atoms with E-state index in [0.29, 0.717) is 25.6 Å². The van der Waals surface area contributed by atoms with Gasteiger partial charge in [0, 0.05) is 31.7 Å². The number of amides is 1. The first-order valence-electron chi connectivity index (χ1n) is 7.04. The maximum Gasteiger partial charge on any atom is 0.244 e. The Balaban J connectivity index is 1.93. The van der Waals surface area contributed by atoms with Gasteiger partial charge in [-0.2, -0.15) is 5.10 Å². The summed E-state index contributed by atoms with van der Waals surface area (Å²) in [5, 5.41) is 4.17. The second-order valence-electron chi connectivity index (χ2n) is 5.76. The van der Waals surface area contributed by atoms with E-state index in [4.69, 9.17) is 4.74 Å². The average Bonchev–Trinajstić information content (AvgIpc) is 2.63. The molecule has 1 aromatic rings. The third-order valence-corrected chi connectivity index (χ3v) is 3.37. The van der Waals surface area contributed by atoms with Crippen LogP contribution >= 0.6 is 0 Å². The molecule has 112 valence electrons. The number of nitrogens with zero attached hydrogens (tertiary/aromatic N) is 4. The molecule has 0 aliphatic carbocycles. The van der Waals surface area contributed by atoms with E-state index in [0.717, 1.165) is 25.3 Å². The van der Waals surface area contributed by atoms with Crippen molar-refractivity contribution in [3.8, 4) is 0 Å². The van der Waals surface area contributed by atoms with Crippen molar-refractivity contribution in [2.24, 2.45) is 5.92 Å². The maximum atomic E-state index is 12.4. The normalized spacial score (nSPS) is 20.2. The van der Waals surface area contributed by atoms with Gasteiger partial charge in [-0.1, -0.05) is 0 Å². The summed E-state index contributed by atoms with van der Waals surface area (Å²) in [5.74, 6) is 0.484. The largest absolute Gasteiger partial charge is 0.379 e. The van der Waals surface area contributed by atoms with E-state index >= 15 is 0 Å². The lowest BCUT2D eigenvalue weighted by Gasteiger charge is -2.25. The molecule has 0 aromatic carbocycles. The first-order chi connectivity index (χ1) is 9.54. The number of aromatic nitrogens is 2. The van der Waals surface area contributed by atoms with Gasteiger partial charge in [0.25, 0.3) is 0 Å². The minimum atomic E-state index is 0.113. The van der Waals surface area contributed by atoms with Crippen molar-refractivity contribution in [2.45, 2.75) is 13.5 Å². The van der Waals surface area contributed by atoms with E-state index in [1.165, 1.54) is 0 Å². The lowest BCUT2D eigenvalue weighted by molar-refractivity contribution is -0.132. The molecule has 0 saturated carbocycles. The van der Waals surface area contributed by atoms with Crippen molar-refractivity contribution in [1.82, 2.24) is 19.6 Å². The third kappa shape index (κ3) is 4.31. The SMILES string of the molecule is Cc1cnn(CC(=O)N2CCOC[C@H](CN(C)C)C2)c1. The molecule has 0 spiro atoms. The van der Waals surface area contributed by atoms with Crippen molar-refractivity contribution >= 4 is 5.91 Å². The van der Waals surface area contributed by atoms with Gasteiger partial charge in [-0.15, -0.1) is 0 Å². The number of carbonyl (C=O) groups excluding carboxylic acids is 1. The molecular formula is C14H24N4O2. The molecule has 2 heterocycles. The molecule has 1 saturated heterocycles. The van der Waals surface area contributed by atoms with Gasteiger partial charge in [0.15, 0.2) is 0 Å². The van der Waals surface area contributed by atoms with Crippen LogP contribution in [0, 0.1) is 12.8 Å². The van der Waals surface area contributed by atoms with Crippen LogP contribution in [0.25, 0.3) is 0 Å². The zero-order chi connectivity index (χ0) is 14.5. The highest BCUT2D eigenvalue weighted by atomic mass is 16.5. The number of carbonyl (C=O) groups is 1. The van der Waals surface area contributed by atoms with E-state index in [1.807, 2.05) is 32.1 Å². The van der Waals surface area contributed by atoms with Crippen molar-refractivity contribution in [1.29, 1.82) is 0 Å². The molecule has 0 N–H and O–H groups in total. The smallest absolute Gasteiger partial charge is 0.244 e. The predicted molar refractivity (Wildman–Crippen MR) is 76.4 cm³/mol. The van der Waals surface area contributed by atoms with E-state index < -0.39 is 0 Å². The quantitative estimate of drug-likeness (QED) is 0.792. The fourth-order valence-corrected chi connectivity index (χ4v) is 2.53. The third-order valence-electron chi connectivity index (χ3n) is 3.37. The fraction of sp³-hybridized carbons (Fsp3) is 0.714. The number of hydrogen-bond donors (Lipinski definition) is 0. The Morgan fingerprint density at radius 1 is 1.55 bits per heavy atom. The van der Waals surface area contributed by atoms with Gasteiger partial charge in [-0.25, -0.2) is 0 Å². The van der Waals surface area contributed by atoms with E-state index in [9.17, 15) is 4.79 Å². The predicted octanol–water partition coefficient (Wildman–Crippen LogP) is 0.228. The zero-order valence-corrected chi connectivity index (χ0v) is 12.6. The topological polar surface area (TPSA) is 50.6 Å². The molecule has 1 fully saturated rings. The summed E-state index contributed by atoms with van der Waals surface area (Å²) in [5.41, 5.74) is 1.07. The second kappa shape index (κ2) is 6.85. The molecule has 1 atom stereocenters. The van der Waals surface area contributed by atoms with E-state index in [1.54, 1.807) is 10.9 Å². The first-order valence-corrected chi connectivity index (χ1v) is 7.04. The van der Waals surface area contributed by atoms with Crippen LogP contribution in [0.4, 0.5) is 0 Å². The lowest BCUT2D eigenvalue weighted by Crippen LogP contribution is -2.40. The Labute approximate surface area is 120 Å². The highest BCUT2D eigenvalue weighted by molar-refractivity contribution is 5.76. The van der Waals surface area contributed by atoms with Gasteiger partial charge in [0.1, 0.15) is 6.54 Å². The van der Waals surface area contributed by atoms with Crippen LogP contribution in [0.3, 0.4) is 0 Å². The van der Waals surface area contributed by atoms with Gasteiger partial charge in [-0.05, 0) is 26.6 Å².